The van der Waals surface area contributed by atoms with Gasteiger partial charge in [-0.1, -0.05) is 28.1 Å². The molecule has 1 amide bonds. The zero-order chi connectivity index (χ0) is 21.9. The Labute approximate surface area is 186 Å². The molecule has 2 aromatic rings. The van der Waals surface area contributed by atoms with Crippen LogP contribution in [0.25, 0.3) is 6.08 Å². The summed E-state index contributed by atoms with van der Waals surface area (Å²) >= 11 is 4.21. The normalized spacial score (nSPS) is 17.0. The van der Waals surface area contributed by atoms with Crippen molar-refractivity contribution >= 4 is 54.9 Å². The number of ether oxygens (including phenoxy) is 1. The first-order chi connectivity index (χ1) is 14.2. The van der Waals surface area contributed by atoms with Crippen LogP contribution in [0.15, 0.2) is 73.8 Å². The van der Waals surface area contributed by atoms with Crippen molar-refractivity contribution in [3.63, 3.8) is 0 Å². The summed E-state index contributed by atoms with van der Waals surface area (Å²) in [5, 5.41) is 9.77. The van der Waals surface area contributed by atoms with Crippen LogP contribution in [0.5, 0.6) is 11.5 Å². The summed E-state index contributed by atoms with van der Waals surface area (Å²) in [6.45, 7) is 3.73. The maximum atomic E-state index is 12.8. The Morgan fingerprint density at radius 1 is 1.27 bits per heavy atom. The lowest BCUT2D eigenvalue weighted by molar-refractivity contribution is -0.121. The number of amides is 1. The third-order valence-corrected chi connectivity index (χ3v) is 6.94. The van der Waals surface area contributed by atoms with Gasteiger partial charge in [0.25, 0.3) is 15.9 Å². The molecule has 0 aromatic heterocycles. The minimum Gasteiger partial charge on any atom is -0.504 e. The number of hydrogen-bond acceptors (Lipinski definition) is 6. The number of thioether (sulfide) groups is 1. The highest BCUT2D eigenvalue weighted by Gasteiger charge is 2.34. The van der Waals surface area contributed by atoms with Crippen molar-refractivity contribution in [1.29, 1.82) is 0 Å². The number of phenols is 1. The highest BCUT2D eigenvalue weighted by Crippen LogP contribution is 2.35. The maximum Gasteiger partial charge on any atom is 0.284 e. The molecule has 1 aliphatic rings. The first-order valence-corrected chi connectivity index (χ1v) is 11.6. The minimum absolute atomic E-state index is 0.0190. The largest absolute Gasteiger partial charge is 0.504 e. The quantitative estimate of drug-likeness (QED) is 0.467. The molecule has 0 atom stereocenters. The van der Waals surface area contributed by atoms with Gasteiger partial charge in [-0.2, -0.15) is 8.42 Å². The number of methoxy groups -OCH3 is 1. The topological polar surface area (TPSA) is 96.3 Å². The van der Waals surface area contributed by atoms with E-state index in [2.05, 4.69) is 26.9 Å². The Kier molecular flexibility index (Phi) is 6.69. The van der Waals surface area contributed by atoms with Crippen molar-refractivity contribution in [2.45, 2.75) is 4.90 Å². The minimum atomic E-state index is -4.01. The van der Waals surface area contributed by atoms with Crippen LogP contribution in [-0.2, 0) is 14.8 Å². The average Bonchev–Trinajstić information content (AvgIpc) is 2.98. The molecule has 1 heterocycles. The van der Waals surface area contributed by atoms with Crippen molar-refractivity contribution in [2.75, 3.05) is 13.7 Å². The Hall–Kier alpha value is -2.56. The van der Waals surface area contributed by atoms with Gasteiger partial charge in [-0.25, -0.2) is 0 Å². The third-order valence-electron chi connectivity index (χ3n) is 4.01. The standard InChI is InChI=1S/C20H17BrN2O5S2/c1-3-10-23-19(25)18(12-13-4-9-16(24)17(11-13)28-2)29-20(23)22-30(26,27)15-7-5-14(21)6-8-15/h3-9,11-12,24H,1,10H2,2H3/b18-12-,22-20?. The van der Waals surface area contributed by atoms with Crippen molar-refractivity contribution in [3.05, 3.63) is 70.1 Å². The highest BCUT2D eigenvalue weighted by molar-refractivity contribution is 9.10. The summed E-state index contributed by atoms with van der Waals surface area (Å²) in [6, 6.07) is 10.7. The fourth-order valence-corrected chi connectivity index (χ4v) is 5.02. The van der Waals surface area contributed by atoms with E-state index in [0.717, 1.165) is 16.2 Å². The number of carbonyl (C=O) groups is 1. The number of hydrogen-bond donors (Lipinski definition) is 1. The number of benzene rings is 2. The summed E-state index contributed by atoms with van der Waals surface area (Å²) < 4.78 is 35.1. The first kappa shape index (κ1) is 22.1. The van der Waals surface area contributed by atoms with Gasteiger partial charge in [0.2, 0.25) is 0 Å². The molecule has 156 valence electrons. The van der Waals surface area contributed by atoms with Crippen LogP contribution < -0.4 is 4.74 Å². The smallest absolute Gasteiger partial charge is 0.284 e. The number of halogens is 1. The van der Waals surface area contributed by atoms with E-state index in [1.165, 1.54) is 36.3 Å². The Bertz CT molecular complexity index is 1160. The van der Waals surface area contributed by atoms with Gasteiger partial charge in [-0.05, 0) is 59.8 Å². The Morgan fingerprint density at radius 3 is 2.60 bits per heavy atom. The van der Waals surface area contributed by atoms with Crippen LogP contribution in [0.2, 0.25) is 0 Å². The van der Waals surface area contributed by atoms with Crippen LogP contribution in [0.3, 0.4) is 0 Å². The zero-order valence-corrected chi connectivity index (χ0v) is 19.0. The molecule has 0 aliphatic carbocycles. The molecule has 1 fully saturated rings. The molecular formula is C20H17BrN2O5S2. The van der Waals surface area contributed by atoms with Gasteiger partial charge >= 0.3 is 0 Å². The second-order valence-electron chi connectivity index (χ2n) is 6.05. The van der Waals surface area contributed by atoms with Crippen molar-refractivity contribution < 1.29 is 23.1 Å². The number of rotatable bonds is 6. The number of carbonyl (C=O) groups excluding carboxylic acids is 1. The first-order valence-electron chi connectivity index (χ1n) is 8.55. The van der Waals surface area contributed by atoms with E-state index >= 15 is 0 Å². The molecule has 3 rings (SSSR count). The fraction of sp³-hybridized carbons (Fsp3) is 0.100. The molecule has 1 saturated heterocycles. The van der Waals surface area contributed by atoms with E-state index in [1.807, 2.05) is 0 Å². The van der Waals surface area contributed by atoms with E-state index in [-0.39, 0.29) is 33.0 Å². The number of amidine groups is 1. The number of aromatic hydroxyl groups is 1. The molecule has 0 spiro atoms. The molecule has 1 N–H and O–H groups in total. The van der Waals surface area contributed by atoms with E-state index < -0.39 is 15.9 Å². The molecule has 10 heteroatoms. The van der Waals surface area contributed by atoms with Crippen LogP contribution in [0.1, 0.15) is 5.56 Å². The fourth-order valence-electron chi connectivity index (χ4n) is 2.56. The van der Waals surface area contributed by atoms with E-state index in [0.29, 0.717) is 5.56 Å². The van der Waals surface area contributed by atoms with Gasteiger partial charge in [-0.3, -0.25) is 9.69 Å². The predicted octanol–water partition coefficient (Wildman–Crippen LogP) is 4.01. The zero-order valence-electron chi connectivity index (χ0n) is 15.8. The number of sulfonamides is 1. The van der Waals surface area contributed by atoms with Gasteiger partial charge in [-0.15, -0.1) is 11.0 Å². The molecule has 0 unspecified atom stereocenters. The molecule has 0 saturated carbocycles. The van der Waals surface area contributed by atoms with E-state index in [9.17, 15) is 18.3 Å². The number of phenolic OH excluding ortho intramolecular Hbond substituents is 1. The van der Waals surface area contributed by atoms with Gasteiger partial charge in [0, 0.05) is 11.0 Å². The Balaban J connectivity index is 1.99. The summed E-state index contributed by atoms with van der Waals surface area (Å²) in [5.74, 6) is -0.160. The summed E-state index contributed by atoms with van der Waals surface area (Å²) in [4.78, 5) is 14.4. The number of nitrogens with zero attached hydrogens (tertiary/aromatic N) is 2. The highest BCUT2D eigenvalue weighted by atomic mass is 79.9. The van der Waals surface area contributed by atoms with Crippen molar-refractivity contribution in [3.8, 4) is 11.5 Å². The second-order valence-corrected chi connectivity index (χ2v) is 9.58. The Morgan fingerprint density at radius 2 is 1.97 bits per heavy atom. The molecule has 2 aromatic carbocycles. The van der Waals surface area contributed by atoms with E-state index in [4.69, 9.17) is 4.74 Å². The van der Waals surface area contributed by atoms with Crippen LogP contribution in [-0.4, -0.2) is 43.2 Å². The lowest BCUT2D eigenvalue weighted by Crippen LogP contribution is -2.29. The predicted molar refractivity (Wildman–Crippen MR) is 121 cm³/mol. The SMILES string of the molecule is C=CCN1C(=O)/C(=C/c2ccc(O)c(OC)c2)SC1=NS(=O)(=O)c1ccc(Br)cc1. The molecule has 7 nitrogen and oxygen atoms in total. The molecule has 30 heavy (non-hydrogen) atoms. The summed E-state index contributed by atoms with van der Waals surface area (Å²) in [7, 11) is -2.59. The summed E-state index contributed by atoms with van der Waals surface area (Å²) in [5.41, 5.74) is 0.607. The monoisotopic (exact) mass is 508 g/mol. The van der Waals surface area contributed by atoms with Crippen LogP contribution in [0, 0.1) is 0 Å². The molecule has 0 radical (unpaired) electrons. The van der Waals surface area contributed by atoms with Gasteiger partial charge in [0.05, 0.1) is 16.9 Å². The van der Waals surface area contributed by atoms with Crippen molar-refractivity contribution in [1.82, 2.24) is 4.90 Å². The molecular weight excluding hydrogens is 492 g/mol. The lowest BCUT2D eigenvalue weighted by Gasteiger charge is -2.12. The van der Waals surface area contributed by atoms with Gasteiger partial charge in [0.1, 0.15) is 0 Å². The van der Waals surface area contributed by atoms with Crippen LogP contribution in [0.4, 0.5) is 0 Å². The van der Waals surface area contributed by atoms with Gasteiger partial charge < -0.3 is 9.84 Å². The van der Waals surface area contributed by atoms with Gasteiger partial charge in [0.15, 0.2) is 16.7 Å². The second kappa shape index (κ2) is 9.07. The summed E-state index contributed by atoms with van der Waals surface area (Å²) in [6.07, 6.45) is 3.08. The van der Waals surface area contributed by atoms with E-state index in [1.54, 1.807) is 30.3 Å². The molecule has 0 bridgehead atoms. The van der Waals surface area contributed by atoms with Crippen LogP contribution >= 0.6 is 27.7 Å². The van der Waals surface area contributed by atoms with Crippen molar-refractivity contribution in [2.24, 2.45) is 4.40 Å². The molecule has 1 aliphatic heterocycles. The average molecular weight is 509 g/mol. The lowest BCUT2D eigenvalue weighted by atomic mass is 10.2. The maximum absolute atomic E-state index is 12.8. The third kappa shape index (κ3) is 4.77.